The standard InChI is InChI=1S/C27H24ClFN4O3/c1-14-11-19(36-3)27(2)24-21(14)30-20(34)13-32(24)26(35)33-23(16-5-4-6-18(29)12-16)22(31-25(27)33)15-7-9-17(28)10-8-15/h4-12,14,22-23H,13H2,1-3H3,(H,30,34). The molecular weight excluding hydrogens is 483 g/mol. The summed E-state index contributed by atoms with van der Waals surface area (Å²) < 4.78 is 20.3. The monoisotopic (exact) mass is 506 g/mol. The van der Waals surface area contributed by atoms with Gasteiger partial charge in [0.1, 0.15) is 35.4 Å². The van der Waals surface area contributed by atoms with Gasteiger partial charge in [0.2, 0.25) is 5.91 Å². The number of carbonyl (C=O) groups is 2. The van der Waals surface area contributed by atoms with Crippen LogP contribution in [0.1, 0.15) is 37.1 Å². The van der Waals surface area contributed by atoms with Crippen LogP contribution in [0.4, 0.5) is 9.18 Å². The molecule has 6 rings (SSSR count). The van der Waals surface area contributed by atoms with Crippen LogP contribution in [-0.4, -0.2) is 41.2 Å². The van der Waals surface area contributed by atoms with Gasteiger partial charge in [-0.1, -0.05) is 42.8 Å². The minimum atomic E-state index is -0.940. The van der Waals surface area contributed by atoms with E-state index >= 15 is 0 Å². The SMILES string of the molecule is COC1=CC(C)C2=C3N(CC(=O)N2)C(=O)N2C(=NC(c4ccc(Cl)cc4)C2c2cccc(F)c2)C13C. The maximum Gasteiger partial charge on any atom is 0.330 e. The summed E-state index contributed by atoms with van der Waals surface area (Å²) in [6, 6.07) is 12.0. The van der Waals surface area contributed by atoms with Gasteiger partial charge in [-0.05, 0) is 48.4 Å². The number of benzene rings is 2. The van der Waals surface area contributed by atoms with Crippen LogP contribution in [0.5, 0.6) is 0 Å². The molecule has 7 nitrogen and oxygen atoms in total. The topological polar surface area (TPSA) is 74.2 Å². The van der Waals surface area contributed by atoms with Crippen molar-refractivity contribution in [3.8, 4) is 0 Å². The number of halogens is 2. The molecule has 1 aliphatic carbocycles. The Labute approximate surface area is 212 Å². The minimum Gasteiger partial charge on any atom is -0.500 e. The maximum atomic E-state index is 14.4. The van der Waals surface area contributed by atoms with E-state index < -0.39 is 23.3 Å². The lowest BCUT2D eigenvalue weighted by atomic mass is 9.72. The van der Waals surface area contributed by atoms with Crippen molar-refractivity contribution in [1.82, 2.24) is 15.1 Å². The van der Waals surface area contributed by atoms with E-state index in [1.807, 2.05) is 32.1 Å². The summed E-state index contributed by atoms with van der Waals surface area (Å²) in [5, 5.41) is 3.55. The first-order chi connectivity index (χ1) is 17.2. The van der Waals surface area contributed by atoms with Gasteiger partial charge >= 0.3 is 6.03 Å². The number of nitrogens with one attached hydrogen (secondary N) is 1. The first kappa shape index (κ1) is 22.8. The third kappa shape index (κ3) is 3.07. The molecule has 4 aliphatic rings. The average molecular weight is 507 g/mol. The smallest absolute Gasteiger partial charge is 0.330 e. The second-order valence-electron chi connectivity index (χ2n) is 9.65. The summed E-state index contributed by atoms with van der Waals surface area (Å²) in [7, 11) is 1.60. The Morgan fingerprint density at radius 1 is 1.17 bits per heavy atom. The number of fused-ring (bicyclic) bond motifs is 2. The van der Waals surface area contributed by atoms with Crippen molar-refractivity contribution in [2.24, 2.45) is 16.3 Å². The zero-order valence-electron chi connectivity index (χ0n) is 20.0. The average Bonchev–Trinajstić information content (AvgIpc) is 3.27. The molecular formula is C27H24ClFN4O3. The molecule has 4 atom stereocenters. The summed E-state index contributed by atoms with van der Waals surface area (Å²) in [6.45, 7) is 3.78. The molecule has 3 amide bonds. The molecule has 1 saturated heterocycles. The van der Waals surface area contributed by atoms with Gasteiger partial charge in [0.25, 0.3) is 0 Å². The van der Waals surface area contributed by atoms with Crippen molar-refractivity contribution >= 4 is 29.4 Å². The van der Waals surface area contributed by atoms with Gasteiger partial charge < -0.3 is 10.1 Å². The van der Waals surface area contributed by atoms with Gasteiger partial charge in [-0.25, -0.2) is 9.18 Å². The van der Waals surface area contributed by atoms with Crippen LogP contribution in [-0.2, 0) is 9.53 Å². The zero-order chi connectivity index (χ0) is 25.4. The number of allylic oxidation sites excluding steroid dienone is 1. The van der Waals surface area contributed by atoms with Crippen LogP contribution in [0.2, 0.25) is 5.02 Å². The van der Waals surface area contributed by atoms with E-state index in [4.69, 9.17) is 21.3 Å². The second kappa shape index (κ2) is 7.93. The van der Waals surface area contributed by atoms with Crippen molar-refractivity contribution in [3.63, 3.8) is 0 Å². The van der Waals surface area contributed by atoms with Crippen LogP contribution >= 0.6 is 11.6 Å². The third-order valence-electron chi connectivity index (χ3n) is 7.50. The number of carbonyl (C=O) groups excluding carboxylic acids is 2. The summed E-state index contributed by atoms with van der Waals surface area (Å²) in [5.74, 6) is 0.307. The molecule has 3 heterocycles. The Balaban J connectivity index is 1.61. The van der Waals surface area contributed by atoms with E-state index in [-0.39, 0.29) is 24.4 Å². The van der Waals surface area contributed by atoms with Crippen molar-refractivity contribution in [2.45, 2.75) is 25.9 Å². The lowest BCUT2D eigenvalue weighted by Crippen LogP contribution is -2.64. The molecule has 2 aromatic carbocycles. The Kier molecular flexibility index (Phi) is 5.02. The van der Waals surface area contributed by atoms with Crippen LogP contribution in [0.3, 0.4) is 0 Å². The molecule has 0 bridgehead atoms. The number of rotatable bonds is 3. The quantitative estimate of drug-likeness (QED) is 0.641. The van der Waals surface area contributed by atoms with Crippen LogP contribution < -0.4 is 5.32 Å². The molecule has 3 aliphatic heterocycles. The predicted octanol–water partition coefficient (Wildman–Crippen LogP) is 4.94. The molecule has 184 valence electrons. The molecule has 9 heteroatoms. The number of amides is 3. The number of ether oxygens (including phenoxy) is 1. The zero-order valence-corrected chi connectivity index (χ0v) is 20.7. The summed E-state index contributed by atoms with van der Waals surface area (Å²) in [4.78, 5) is 35.1. The largest absolute Gasteiger partial charge is 0.500 e. The maximum absolute atomic E-state index is 14.4. The molecule has 4 unspecified atom stereocenters. The molecule has 1 N–H and O–H groups in total. The van der Waals surface area contributed by atoms with Crippen molar-refractivity contribution in [3.05, 3.63) is 93.7 Å². The molecule has 2 aromatic rings. The van der Waals surface area contributed by atoms with E-state index in [9.17, 15) is 14.0 Å². The molecule has 0 radical (unpaired) electrons. The highest BCUT2D eigenvalue weighted by atomic mass is 35.5. The van der Waals surface area contributed by atoms with Crippen LogP contribution in [0.25, 0.3) is 0 Å². The highest BCUT2D eigenvalue weighted by Gasteiger charge is 2.61. The number of hydrogen-bond donors (Lipinski definition) is 1. The van der Waals surface area contributed by atoms with Gasteiger partial charge in [0.05, 0.1) is 18.8 Å². The Morgan fingerprint density at radius 2 is 1.92 bits per heavy atom. The summed E-state index contributed by atoms with van der Waals surface area (Å²) in [6.07, 6.45) is 1.95. The number of methoxy groups -OCH3 is 1. The third-order valence-corrected chi connectivity index (χ3v) is 7.75. The summed E-state index contributed by atoms with van der Waals surface area (Å²) in [5.41, 5.74) is 1.84. The van der Waals surface area contributed by atoms with Crippen molar-refractivity contribution in [1.29, 1.82) is 0 Å². The lowest BCUT2D eigenvalue weighted by molar-refractivity contribution is -0.122. The van der Waals surface area contributed by atoms with Gasteiger partial charge in [0.15, 0.2) is 0 Å². The molecule has 36 heavy (non-hydrogen) atoms. The minimum absolute atomic E-state index is 0.123. The van der Waals surface area contributed by atoms with Gasteiger partial charge in [-0.15, -0.1) is 0 Å². The number of amidine groups is 1. The molecule has 0 saturated carbocycles. The van der Waals surface area contributed by atoms with E-state index in [0.717, 1.165) is 5.56 Å². The van der Waals surface area contributed by atoms with E-state index in [1.54, 1.807) is 36.3 Å². The highest BCUT2D eigenvalue weighted by molar-refractivity contribution is 6.30. The number of aliphatic imine (C=N–C) groups is 1. The Bertz CT molecular complexity index is 1400. The van der Waals surface area contributed by atoms with E-state index in [1.165, 1.54) is 17.0 Å². The molecule has 1 fully saturated rings. The fraction of sp³-hybridized carbons (Fsp3) is 0.296. The van der Waals surface area contributed by atoms with Gasteiger partial charge in [-0.2, -0.15) is 0 Å². The fourth-order valence-electron chi connectivity index (χ4n) is 5.92. The number of urea groups is 1. The lowest BCUT2D eigenvalue weighted by Gasteiger charge is -2.52. The van der Waals surface area contributed by atoms with Gasteiger partial charge in [0, 0.05) is 16.6 Å². The Hall–Kier alpha value is -3.65. The van der Waals surface area contributed by atoms with Crippen molar-refractivity contribution in [2.75, 3.05) is 13.7 Å². The fourth-order valence-corrected chi connectivity index (χ4v) is 6.04. The highest BCUT2D eigenvalue weighted by Crippen LogP contribution is 2.56. The van der Waals surface area contributed by atoms with Crippen molar-refractivity contribution < 1.29 is 18.7 Å². The van der Waals surface area contributed by atoms with E-state index in [2.05, 4.69) is 5.32 Å². The van der Waals surface area contributed by atoms with Crippen LogP contribution in [0, 0.1) is 17.2 Å². The first-order valence-electron chi connectivity index (χ1n) is 11.7. The first-order valence-corrected chi connectivity index (χ1v) is 12.1. The number of hydrogen-bond acceptors (Lipinski definition) is 4. The molecule has 0 spiro atoms. The Morgan fingerprint density at radius 3 is 2.61 bits per heavy atom. The molecule has 0 aromatic heterocycles. The van der Waals surface area contributed by atoms with E-state index in [0.29, 0.717) is 33.6 Å². The predicted molar refractivity (Wildman–Crippen MR) is 132 cm³/mol. The summed E-state index contributed by atoms with van der Waals surface area (Å²) >= 11 is 6.15. The van der Waals surface area contributed by atoms with Gasteiger partial charge in [-0.3, -0.25) is 19.6 Å². The van der Waals surface area contributed by atoms with Crippen LogP contribution in [0.15, 0.2) is 76.8 Å². The normalized spacial score (nSPS) is 28.9. The number of nitrogens with zero attached hydrogens (tertiary/aromatic N) is 3. The second-order valence-corrected chi connectivity index (χ2v) is 10.1.